The van der Waals surface area contributed by atoms with E-state index in [1.54, 1.807) is 12.1 Å². The van der Waals surface area contributed by atoms with E-state index in [0.29, 0.717) is 22.3 Å². The van der Waals surface area contributed by atoms with Gasteiger partial charge in [0.2, 0.25) is 0 Å². The van der Waals surface area contributed by atoms with Gasteiger partial charge in [-0.2, -0.15) is 0 Å². The van der Waals surface area contributed by atoms with Crippen LogP contribution in [0.1, 0.15) is 11.1 Å². The zero-order valence-electron chi connectivity index (χ0n) is 12.6. The molecule has 0 saturated carbocycles. The molecule has 2 aromatic rings. The molecule has 0 atom stereocenters. The second kappa shape index (κ2) is 7.59. The first-order chi connectivity index (χ1) is 11.6. The third kappa shape index (κ3) is 4.43. The highest BCUT2D eigenvalue weighted by molar-refractivity contribution is 8.26. The van der Waals surface area contributed by atoms with E-state index in [-0.39, 0.29) is 11.7 Å². The van der Waals surface area contributed by atoms with Crippen LogP contribution in [0.2, 0.25) is 0 Å². The highest BCUT2D eigenvalue weighted by atomic mass is 32.2. The molecule has 1 N–H and O–H groups in total. The second-order valence-corrected chi connectivity index (χ2v) is 6.87. The molecule has 0 spiro atoms. The monoisotopic (exact) mass is 359 g/mol. The number of carbonyl (C=O) groups is 1. The lowest BCUT2D eigenvalue weighted by molar-refractivity contribution is -0.115. The van der Waals surface area contributed by atoms with Crippen LogP contribution in [-0.2, 0) is 11.2 Å². The molecule has 0 aliphatic carbocycles. The number of nitrogens with one attached hydrogen (secondary N) is 1. The summed E-state index contributed by atoms with van der Waals surface area (Å²) in [6.45, 7) is 0.469. The van der Waals surface area contributed by atoms with Crippen LogP contribution in [0.5, 0.6) is 5.75 Å². The maximum absolute atomic E-state index is 13.1. The van der Waals surface area contributed by atoms with Crippen molar-refractivity contribution in [2.45, 2.75) is 6.42 Å². The van der Waals surface area contributed by atoms with Gasteiger partial charge < -0.3 is 10.1 Å². The molecule has 1 amide bonds. The predicted octanol–water partition coefficient (Wildman–Crippen LogP) is 3.94. The summed E-state index contributed by atoms with van der Waals surface area (Å²) < 4.78 is 19.2. The van der Waals surface area contributed by atoms with Crippen LogP contribution in [0.15, 0.2) is 53.4 Å². The molecule has 24 heavy (non-hydrogen) atoms. The van der Waals surface area contributed by atoms with Crippen LogP contribution in [0, 0.1) is 5.82 Å². The van der Waals surface area contributed by atoms with Crippen LogP contribution in [0.4, 0.5) is 4.39 Å². The number of hydrogen-bond donors (Lipinski definition) is 1. The summed E-state index contributed by atoms with van der Waals surface area (Å²) in [6.07, 6.45) is 2.42. The Bertz CT molecular complexity index is 803. The number of benzene rings is 2. The molecule has 0 radical (unpaired) electrons. The summed E-state index contributed by atoms with van der Waals surface area (Å²) >= 11 is 6.21. The highest BCUT2D eigenvalue weighted by Crippen LogP contribution is 2.26. The van der Waals surface area contributed by atoms with Crippen molar-refractivity contribution in [2.24, 2.45) is 0 Å². The Kier molecular flexibility index (Phi) is 5.27. The van der Waals surface area contributed by atoms with Crippen molar-refractivity contribution in [2.75, 3.05) is 6.61 Å². The minimum Gasteiger partial charge on any atom is -0.493 e. The number of amides is 1. The lowest BCUT2D eigenvalue weighted by Crippen LogP contribution is -2.17. The molecule has 3 rings (SSSR count). The quantitative estimate of drug-likeness (QED) is 0.648. The molecule has 0 aromatic heterocycles. The van der Waals surface area contributed by atoms with Crippen LogP contribution in [0.25, 0.3) is 6.08 Å². The smallest absolute Gasteiger partial charge is 0.263 e. The molecule has 2 aromatic carbocycles. The van der Waals surface area contributed by atoms with E-state index in [0.717, 1.165) is 16.9 Å². The van der Waals surface area contributed by atoms with E-state index in [1.165, 1.54) is 23.9 Å². The van der Waals surface area contributed by atoms with Crippen molar-refractivity contribution >= 4 is 40.3 Å². The molecule has 1 aliphatic rings. The third-order valence-electron chi connectivity index (χ3n) is 3.37. The Morgan fingerprint density at radius 1 is 1.21 bits per heavy atom. The van der Waals surface area contributed by atoms with Crippen molar-refractivity contribution < 1.29 is 13.9 Å². The van der Waals surface area contributed by atoms with Gasteiger partial charge in [0.15, 0.2) is 0 Å². The van der Waals surface area contributed by atoms with Gasteiger partial charge in [0, 0.05) is 6.42 Å². The topological polar surface area (TPSA) is 38.3 Å². The average molecular weight is 359 g/mol. The average Bonchev–Trinajstić information content (AvgIpc) is 2.87. The summed E-state index contributed by atoms with van der Waals surface area (Å²) in [6, 6.07) is 13.9. The van der Waals surface area contributed by atoms with Gasteiger partial charge >= 0.3 is 0 Å². The van der Waals surface area contributed by atoms with Crippen LogP contribution >= 0.6 is 24.0 Å². The van der Waals surface area contributed by atoms with E-state index in [4.69, 9.17) is 17.0 Å². The summed E-state index contributed by atoms with van der Waals surface area (Å²) in [5, 5.41) is 2.58. The standard InChI is InChI=1S/C18H14FNO2S2/c19-14-3-1-2-12(10-14)8-9-22-15-6-4-13(5-7-15)11-16-17(21)20-18(23)24-16/h1-7,10-11H,8-9H2,(H,20,21,23). The van der Waals surface area contributed by atoms with Gasteiger partial charge in [0.1, 0.15) is 15.9 Å². The summed E-state index contributed by atoms with van der Waals surface area (Å²) in [5.74, 6) is 0.325. The van der Waals surface area contributed by atoms with Crippen molar-refractivity contribution in [1.82, 2.24) is 5.32 Å². The Balaban J connectivity index is 1.56. The van der Waals surface area contributed by atoms with Crippen molar-refractivity contribution in [3.8, 4) is 5.75 Å². The number of thiocarbonyl (C=S) groups is 1. The second-order valence-electron chi connectivity index (χ2n) is 5.15. The Hall–Kier alpha value is -2.18. The largest absolute Gasteiger partial charge is 0.493 e. The number of halogens is 1. The van der Waals surface area contributed by atoms with Crippen LogP contribution in [-0.4, -0.2) is 16.8 Å². The molecule has 3 nitrogen and oxygen atoms in total. The van der Waals surface area contributed by atoms with Crippen LogP contribution in [0.3, 0.4) is 0 Å². The van der Waals surface area contributed by atoms with Gasteiger partial charge in [-0.05, 0) is 41.5 Å². The van der Waals surface area contributed by atoms with Gasteiger partial charge in [-0.25, -0.2) is 4.39 Å². The molecule has 0 unspecified atom stereocenters. The number of rotatable bonds is 5. The van der Waals surface area contributed by atoms with E-state index in [9.17, 15) is 9.18 Å². The minimum atomic E-state index is -0.238. The first-order valence-corrected chi connectivity index (χ1v) is 8.55. The third-order valence-corrected chi connectivity index (χ3v) is 4.53. The molecular weight excluding hydrogens is 345 g/mol. The van der Waals surface area contributed by atoms with Gasteiger partial charge in [-0.1, -0.05) is 48.2 Å². The predicted molar refractivity (Wildman–Crippen MR) is 98.3 cm³/mol. The molecule has 1 saturated heterocycles. The fourth-order valence-corrected chi connectivity index (χ4v) is 3.26. The zero-order chi connectivity index (χ0) is 16.9. The Morgan fingerprint density at radius 2 is 2.00 bits per heavy atom. The number of ether oxygens (including phenoxy) is 1. The molecule has 122 valence electrons. The number of hydrogen-bond acceptors (Lipinski definition) is 4. The van der Waals surface area contributed by atoms with Crippen molar-refractivity contribution in [3.05, 3.63) is 70.4 Å². The van der Waals surface area contributed by atoms with Gasteiger partial charge in [0.05, 0.1) is 11.5 Å². The molecule has 1 heterocycles. The molecule has 6 heteroatoms. The van der Waals surface area contributed by atoms with Crippen molar-refractivity contribution in [1.29, 1.82) is 0 Å². The zero-order valence-corrected chi connectivity index (χ0v) is 14.3. The minimum absolute atomic E-state index is 0.166. The molecule has 1 fully saturated rings. The Morgan fingerprint density at radius 3 is 2.67 bits per heavy atom. The van der Waals surface area contributed by atoms with Gasteiger partial charge in [-0.15, -0.1) is 0 Å². The lowest BCUT2D eigenvalue weighted by Gasteiger charge is -2.07. The summed E-state index contributed by atoms with van der Waals surface area (Å²) in [7, 11) is 0. The number of thioether (sulfide) groups is 1. The van der Waals surface area contributed by atoms with Crippen LogP contribution < -0.4 is 10.1 Å². The molecule has 0 bridgehead atoms. The molecule has 1 aliphatic heterocycles. The normalized spacial score (nSPS) is 15.6. The van der Waals surface area contributed by atoms with E-state index in [1.807, 2.05) is 30.3 Å². The van der Waals surface area contributed by atoms with Gasteiger partial charge in [0.25, 0.3) is 5.91 Å². The highest BCUT2D eigenvalue weighted by Gasteiger charge is 2.21. The maximum atomic E-state index is 13.1. The number of carbonyl (C=O) groups excluding carboxylic acids is 1. The Labute approximate surface area is 148 Å². The van der Waals surface area contributed by atoms with E-state index in [2.05, 4.69) is 5.32 Å². The lowest BCUT2D eigenvalue weighted by atomic mass is 10.1. The fourth-order valence-electron chi connectivity index (χ4n) is 2.21. The van der Waals surface area contributed by atoms with Crippen molar-refractivity contribution in [3.63, 3.8) is 0 Å². The SMILES string of the molecule is O=C1NC(=S)SC1=Cc1ccc(OCCc2cccc(F)c2)cc1. The van der Waals surface area contributed by atoms with E-state index < -0.39 is 0 Å². The molecular formula is C18H14FNO2S2. The summed E-state index contributed by atoms with van der Waals surface area (Å²) in [5.41, 5.74) is 1.80. The summed E-state index contributed by atoms with van der Waals surface area (Å²) in [4.78, 5) is 12.2. The van der Waals surface area contributed by atoms with Gasteiger partial charge in [-0.3, -0.25) is 4.79 Å². The first kappa shape index (κ1) is 16.7. The maximum Gasteiger partial charge on any atom is 0.263 e. The van der Waals surface area contributed by atoms with E-state index >= 15 is 0 Å². The first-order valence-electron chi connectivity index (χ1n) is 7.32. The fraction of sp³-hybridized carbons (Fsp3) is 0.111.